The summed E-state index contributed by atoms with van der Waals surface area (Å²) >= 11 is 9.26. The van der Waals surface area contributed by atoms with Crippen LogP contribution in [0.1, 0.15) is 5.76 Å². The van der Waals surface area contributed by atoms with Gasteiger partial charge in [0.05, 0.1) is 10.6 Å². The van der Waals surface area contributed by atoms with Crippen LogP contribution in [0.3, 0.4) is 0 Å². The highest BCUT2D eigenvalue weighted by Crippen LogP contribution is 2.33. The Morgan fingerprint density at radius 2 is 2.00 bits per heavy atom. The molecule has 1 aromatic heterocycles. The summed E-state index contributed by atoms with van der Waals surface area (Å²) in [5.41, 5.74) is 0.750. The van der Waals surface area contributed by atoms with Crippen molar-refractivity contribution in [2.75, 3.05) is 7.05 Å². The lowest BCUT2D eigenvalue weighted by Gasteiger charge is -2.06. The summed E-state index contributed by atoms with van der Waals surface area (Å²) in [6.45, 7) is 0. The average molecular weight is 445 g/mol. The summed E-state index contributed by atoms with van der Waals surface area (Å²) in [4.78, 5) is 18.9. The molecule has 112 valence electrons. The van der Waals surface area contributed by atoms with Gasteiger partial charge in [0.2, 0.25) is 0 Å². The maximum absolute atomic E-state index is 12.3. The average Bonchev–Trinajstić information content (AvgIpc) is 3.01. The lowest BCUT2D eigenvalue weighted by molar-refractivity contribution is -0.121. The summed E-state index contributed by atoms with van der Waals surface area (Å²) in [5.74, 6) is 0.561. The van der Waals surface area contributed by atoms with Gasteiger partial charge in [-0.15, -0.1) is 0 Å². The van der Waals surface area contributed by atoms with Crippen molar-refractivity contribution in [2.24, 2.45) is 4.99 Å². The Morgan fingerprint density at radius 1 is 1.27 bits per heavy atom. The Morgan fingerprint density at radius 3 is 2.64 bits per heavy atom. The monoisotopic (exact) mass is 444 g/mol. The molecule has 1 fully saturated rings. The van der Waals surface area contributed by atoms with Gasteiger partial charge >= 0.3 is 0 Å². The number of likely N-dealkylation sites (N-methyl/N-ethyl adjacent to an activating group) is 1. The molecular weight excluding hydrogens is 435 g/mol. The molecule has 0 saturated carbocycles. The molecule has 2 aromatic rings. The Bertz CT molecular complexity index is 783. The van der Waals surface area contributed by atoms with Crippen LogP contribution in [0.25, 0.3) is 6.08 Å². The van der Waals surface area contributed by atoms with Crippen molar-refractivity contribution in [3.63, 3.8) is 0 Å². The van der Waals surface area contributed by atoms with Gasteiger partial charge in [-0.3, -0.25) is 9.69 Å². The van der Waals surface area contributed by atoms with Gasteiger partial charge in [-0.25, -0.2) is 4.99 Å². The number of amides is 1. The molecule has 0 unspecified atom stereocenters. The summed E-state index contributed by atoms with van der Waals surface area (Å²) in [7, 11) is 1.71. The number of nitrogens with zero attached hydrogens (tertiary/aromatic N) is 2. The molecule has 0 atom stereocenters. The first kappa shape index (κ1) is 15.6. The van der Waals surface area contributed by atoms with E-state index in [0.29, 0.717) is 20.9 Å². The minimum absolute atomic E-state index is 0.0934. The molecule has 1 aliphatic heterocycles. The van der Waals surface area contributed by atoms with Gasteiger partial charge in [0.25, 0.3) is 5.91 Å². The van der Waals surface area contributed by atoms with Crippen LogP contribution in [0.2, 0.25) is 5.02 Å². The molecule has 2 heterocycles. The summed E-state index contributed by atoms with van der Waals surface area (Å²) in [6.07, 6.45) is 1.73. The number of furan rings is 1. The third kappa shape index (κ3) is 3.39. The first-order valence-electron chi connectivity index (χ1n) is 6.30. The lowest BCUT2D eigenvalue weighted by atomic mass is 10.3. The van der Waals surface area contributed by atoms with E-state index in [1.807, 2.05) is 24.3 Å². The number of amidine groups is 1. The molecule has 4 nitrogen and oxygen atoms in total. The van der Waals surface area contributed by atoms with Gasteiger partial charge in [-0.1, -0.05) is 11.6 Å². The number of rotatable bonds is 2. The molecule has 1 aromatic carbocycles. The van der Waals surface area contributed by atoms with Crippen LogP contribution < -0.4 is 0 Å². The smallest absolute Gasteiger partial charge is 0.266 e. The number of halogens is 2. The van der Waals surface area contributed by atoms with E-state index in [4.69, 9.17) is 16.0 Å². The fourth-order valence-electron chi connectivity index (χ4n) is 1.81. The molecule has 3 rings (SSSR count). The fourth-order valence-corrected chi connectivity index (χ4v) is 3.34. The highest BCUT2D eigenvalue weighted by Gasteiger charge is 2.30. The van der Waals surface area contributed by atoms with E-state index in [2.05, 4.69) is 27.6 Å². The van der Waals surface area contributed by atoms with E-state index in [0.717, 1.165) is 9.45 Å². The van der Waals surface area contributed by atoms with Crippen LogP contribution in [-0.4, -0.2) is 23.0 Å². The predicted octanol–water partition coefficient (Wildman–Crippen LogP) is 4.77. The molecule has 1 aliphatic rings. The van der Waals surface area contributed by atoms with Crippen LogP contribution in [0, 0.1) is 3.77 Å². The molecule has 0 bridgehead atoms. The number of thioether (sulfide) groups is 1. The first-order valence-corrected chi connectivity index (χ1v) is 8.57. The minimum atomic E-state index is -0.0934. The Labute approximate surface area is 150 Å². The molecule has 0 aliphatic carbocycles. The Balaban J connectivity index is 1.88. The third-order valence-electron chi connectivity index (χ3n) is 2.92. The van der Waals surface area contributed by atoms with Crippen LogP contribution in [0.4, 0.5) is 5.69 Å². The minimum Gasteiger partial charge on any atom is -0.451 e. The van der Waals surface area contributed by atoms with E-state index in [1.54, 1.807) is 25.3 Å². The number of carbonyl (C=O) groups excluding carboxylic acids is 1. The zero-order chi connectivity index (χ0) is 15.7. The first-order chi connectivity index (χ1) is 10.5. The van der Waals surface area contributed by atoms with Gasteiger partial charge in [0, 0.05) is 18.1 Å². The van der Waals surface area contributed by atoms with E-state index in [-0.39, 0.29) is 5.91 Å². The Hall–Kier alpha value is -1.25. The van der Waals surface area contributed by atoms with Gasteiger partial charge in [0.1, 0.15) is 5.76 Å². The second-order valence-corrected chi connectivity index (χ2v) is 7.00. The molecule has 0 radical (unpaired) electrons. The fraction of sp³-hybridized carbons (Fsp3) is 0.0667. The molecule has 1 amide bonds. The number of carbonyl (C=O) groups is 1. The topological polar surface area (TPSA) is 45.8 Å². The van der Waals surface area contributed by atoms with Crippen molar-refractivity contribution in [3.05, 3.63) is 55.9 Å². The zero-order valence-corrected chi connectivity index (χ0v) is 15.1. The molecular formula is C15H10ClIN2O2S. The number of benzene rings is 1. The second kappa shape index (κ2) is 6.47. The van der Waals surface area contributed by atoms with E-state index < -0.39 is 0 Å². The van der Waals surface area contributed by atoms with Crippen molar-refractivity contribution < 1.29 is 9.21 Å². The largest absolute Gasteiger partial charge is 0.451 e. The predicted molar refractivity (Wildman–Crippen MR) is 98.3 cm³/mol. The van der Waals surface area contributed by atoms with Gasteiger partial charge in [-0.2, -0.15) is 0 Å². The summed E-state index contributed by atoms with van der Waals surface area (Å²) < 4.78 is 6.25. The molecule has 1 saturated heterocycles. The molecule has 0 N–H and O–H groups in total. The highest BCUT2D eigenvalue weighted by molar-refractivity contribution is 14.1. The third-order valence-corrected chi connectivity index (χ3v) is 4.81. The number of hydrogen-bond acceptors (Lipinski definition) is 4. The van der Waals surface area contributed by atoms with Crippen molar-refractivity contribution in [3.8, 4) is 0 Å². The number of aliphatic imine (C=N–C) groups is 1. The lowest BCUT2D eigenvalue weighted by Crippen LogP contribution is -2.23. The molecule has 0 spiro atoms. The van der Waals surface area contributed by atoms with Gasteiger partial charge in [-0.05, 0) is 70.8 Å². The number of hydrogen-bond donors (Lipinski definition) is 0. The molecule has 22 heavy (non-hydrogen) atoms. The van der Waals surface area contributed by atoms with Crippen molar-refractivity contribution in [1.82, 2.24) is 4.90 Å². The van der Waals surface area contributed by atoms with Crippen LogP contribution in [0.15, 0.2) is 50.7 Å². The maximum Gasteiger partial charge on any atom is 0.266 e. The zero-order valence-electron chi connectivity index (χ0n) is 11.4. The highest BCUT2D eigenvalue weighted by atomic mass is 127. The van der Waals surface area contributed by atoms with Crippen molar-refractivity contribution >= 4 is 68.8 Å². The van der Waals surface area contributed by atoms with E-state index in [1.165, 1.54) is 16.7 Å². The maximum atomic E-state index is 12.3. The summed E-state index contributed by atoms with van der Waals surface area (Å²) in [6, 6.07) is 10.8. The van der Waals surface area contributed by atoms with Crippen LogP contribution in [-0.2, 0) is 4.79 Å². The second-order valence-electron chi connectivity index (χ2n) is 4.49. The standard InChI is InChI=1S/C15H10ClIN2O2S/c1-19-14(20)12(8-11-6-7-13(17)21-11)22-15(19)18-10-4-2-9(16)3-5-10/h2-8H,1H3/b12-8-,18-15?. The van der Waals surface area contributed by atoms with Crippen molar-refractivity contribution in [2.45, 2.75) is 0 Å². The van der Waals surface area contributed by atoms with E-state index >= 15 is 0 Å². The molecule has 7 heteroatoms. The summed E-state index contributed by atoms with van der Waals surface area (Å²) in [5, 5.41) is 1.28. The van der Waals surface area contributed by atoms with E-state index in [9.17, 15) is 4.79 Å². The van der Waals surface area contributed by atoms with Gasteiger partial charge in [0.15, 0.2) is 8.93 Å². The Kier molecular flexibility index (Phi) is 4.60. The quantitative estimate of drug-likeness (QED) is 0.495. The van der Waals surface area contributed by atoms with Crippen LogP contribution >= 0.6 is 46.0 Å². The van der Waals surface area contributed by atoms with Gasteiger partial charge < -0.3 is 4.42 Å². The normalized spacial score (nSPS) is 18.7. The van der Waals surface area contributed by atoms with Crippen LogP contribution in [0.5, 0.6) is 0 Å². The SMILES string of the molecule is CN1C(=O)/C(=C/c2ccc(I)o2)SC1=Nc1ccc(Cl)cc1. The van der Waals surface area contributed by atoms with Crippen molar-refractivity contribution in [1.29, 1.82) is 0 Å².